The normalized spacial score (nSPS) is 11.9. The van der Waals surface area contributed by atoms with Crippen LogP contribution < -0.4 is 9.46 Å². The van der Waals surface area contributed by atoms with Crippen LogP contribution in [0.2, 0.25) is 0 Å². The summed E-state index contributed by atoms with van der Waals surface area (Å²) in [5, 5.41) is 7.71. The Morgan fingerprint density at radius 2 is 1.91 bits per heavy atom. The van der Waals surface area contributed by atoms with E-state index in [0.29, 0.717) is 17.2 Å². The van der Waals surface area contributed by atoms with E-state index in [-0.39, 0.29) is 23.2 Å². The van der Waals surface area contributed by atoms with E-state index in [4.69, 9.17) is 9.15 Å². The zero-order valence-electron chi connectivity index (χ0n) is 13.9. The van der Waals surface area contributed by atoms with Crippen LogP contribution in [0, 0.1) is 13.8 Å². The smallest absolute Gasteiger partial charge is 0.241 e. The fraction of sp³-hybridized carbons (Fsp3) is 0.467. The second-order valence-corrected chi connectivity index (χ2v) is 7.34. The molecule has 0 aliphatic rings. The van der Waals surface area contributed by atoms with Crippen molar-refractivity contribution < 1.29 is 17.6 Å². The summed E-state index contributed by atoms with van der Waals surface area (Å²) in [7, 11) is -2.13. The number of benzene rings is 1. The summed E-state index contributed by atoms with van der Waals surface area (Å²) < 4.78 is 38.0. The number of sulfonamides is 1. The number of nitrogens with zero attached hydrogens (tertiary/aromatic N) is 2. The van der Waals surface area contributed by atoms with Gasteiger partial charge in [-0.05, 0) is 37.1 Å². The average Bonchev–Trinajstić information content (AvgIpc) is 2.96. The predicted octanol–water partition coefficient (Wildman–Crippen LogP) is 2.30. The largest absolute Gasteiger partial charge is 0.496 e. The van der Waals surface area contributed by atoms with Gasteiger partial charge in [0.15, 0.2) is 0 Å². The maximum absolute atomic E-state index is 12.5. The molecule has 23 heavy (non-hydrogen) atoms. The summed E-state index contributed by atoms with van der Waals surface area (Å²) in [6.07, 6.45) is 0. The Kier molecular flexibility index (Phi) is 5.06. The number of hydrogen-bond acceptors (Lipinski definition) is 6. The maximum Gasteiger partial charge on any atom is 0.241 e. The van der Waals surface area contributed by atoms with E-state index >= 15 is 0 Å². The molecule has 0 saturated carbocycles. The number of ether oxygens (including phenoxy) is 1. The van der Waals surface area contributed by atoms with Crippen LogP contribution in [0.25, 0.3) is 0 Å². The van der Waals surface area contributed by atoms with E-state index in [1.165, 1.54) is 0 Å². The third-order valence-electron chi connectivity index (χ3n) is 3.37. The van der Waals surface area contributed by atoms with Gasteiger partial charge in [-0.2, -0.15) is 0 Å². The molecular formula is C15H21N3O4S. The lowest BCUT2D eigenvalue weighted by atomic mass is 10.1. The molecule has 2 aromatic rings. The van der Waals surface area contributed by atoms with Crippen molar-refractivity contribution in [3.63, 3.8) is 0 Å². The lowest BCUT2D eigenvalue weighted by Crippen LogP contribution is -2.24. The minimum Gasteiger partial charge on any atom is -0.496 e. The molecule has 1 N–H and O–H groups in total. The molecule has 2 rings (SSSR count). The molecule has 0 spiro atoms. The SMILES string of the molecule is COc1cc(C)c(S(=O)(=O)NCc2nnc(C(C)C)o2)cc1C. The summed E-state index contributed by atoms with van der Waals surface area (Å²) in [6, 6.07) is 3.29. The highest BCUT2D eigenvalue weighted by atomic mass is 32.2. The minimum atomic E-state index is -3.68. The summed E-state index contributed by atoms with van der Waals surface area (Å²) >= 11 is 0. The molecule has 1 aromatic carbocycles. The van der Waals surface area contributed by atoms with Crippen LogP contribution in [0.15, 0.2) is 21.4 Å². The molecule has 0 aliphatic heterocycles. The second-order valence-electron chi connectivity index (χ2n) is 5.60. The van der Waals surface area contributed by atoms with Crippen molar-refractivity contribution >= 4 is 10.0 Å². The van der Waals surface area contributed by atoms with Gasteiger partial charge in [0.1, 0.15) is 5.75 Å². The Hall–Kier alpha value is -1.93. The Balaban J connectivity index is 2.20. The number of rotatable bonds is 6. The van der Waals surface area contributed by atoms with Crippen molar-refractivity contribution in [2.24, 2.45) is 0 Å². The molecule has 0 aliphatic carbocycles. The number of methoxy groups -OCH3 is 1. The van der Waals surface area contributed by atoms with E-state index in [1.54, 1.807) is 33.1 Å². The van der Waals surface area contributed by atoms with Crippen LogP contribution in [0.4, 0.5) is 0 Å². The first-order valence-corrected chi connectivity index (χ1v) is 8.70. The van der Waals surface area contributed by atoms with E-state index in [9.17, 15) is 8.42 Å². The molecule has 126 valence electrons. The lowest BCUT2D eigenvalue weighted by molar-refractivity contribution is 0.410. The molecule has 0 radical (unpaired) electrons. The standard InChI is InChI=1S/C15H21N3O4S/c1-9(2)15-18-17-14(22-15)8-16-23(19,20)13-7-10(3)12(21-5)6-11(13)4/h6-7,9,16H,8H2,1-5H3. The van der Waals surface area contributed by atoms with Gasteiger partial charge in [-0.25, -0.2) is 13.1 Å². The van der Waals surface area contributed by atoms with Gasteiger partial charge in [-0.3, -0.25) is 0 Å². The summed E-state index contributed by atoms with van der Waals surface area (Å²) in [6.45, 7) is 7.31. The first-order chi connectivity index (χ1) is 10.7. The molecule has 0 saturated heterocycles. The van der Waals surface area contributed by atoms with E-state index < -0.39 is 10.0 Å². The highest BCUT2D eigenvalue weighted by Crippen LogP contribution is 2.25. The van der Waals surface area contributed by atoms with Gasteiger partial charge in [-0.15, -0.1) is 10.2 Å². The maximum atomic E-state index is 12.5. The van der Waals surface area contributed by atoms with Crippen molar-refractivity contribution in [1.29, 1.82) is 0 Å². The van der Waals surface area contributed by atoms with Gasteiger partial charge in [0, 0.05) is 5.92 Å². The highest BCUT2D eigenvalue weighted by Gasteiger charge is 2.20. The van der Waals surface area contributed by atoms with E-state index in [1.807, 2.05) is 13.8 Å². The zero-order valence-corrected chi connectivity index (χ0v) is 14.7. The first kappa shape index (κ1) is 17.4. The van der Waals surface area contributed by atoms with Crippen LogP contribution >= 0.6 is 0 Å². The van der Waals surface area contributed by atoms with Gasteiger partial charge in [0.05, 0.1) is 18.6 Å². The van der Waals surface area contributed by atoms with Gasteiger partial charge >= 0.3 is 0 Å². The van der Waals surface area contributed by atoms with E-state index in [0.717, 1.165) is 5.56 Å². The minimum absolute atomic E-state index is 0.0490. The van der Waals surface area contributed by atoms with Crippen LogP contribution in [0.5, 0.6) is 5.75 Å². The van der Waals surface area contributed by atoms with Crippen molar-refractivity contribution in [1.82, 2.24) is 14.9 Å². The average molecular weight is 339 g/mol. The molecule has 7 nitrogen and oxygen atoms in total. The fourth-order valence-corrected chi connectivity index (χ4v) is 3.36. The van der Waals surface area contributed by atoms with Crippen LogP contribution in [0.1, 0.15) is 42.7 Å². The predicted molar refractivity (Wildman–Crippen MR) is 84.9 cm³/mol. The van der Waals surface area contributed by atoms with Crippen molar-refractivity contribution in [2.45, 2.75) is 45.1 Å². The number of aromatic nitrogens is 2. The Bertz CT molecular complexity index is 797. The van der Waals surface area contributed by atoms with Gasteiger partial charge in [0.2, 0.25) is 21.8 Å². The Morgan fingerprint density at radius 3 is 2.48 bits per heavy atom. The molecule has 0 bridgehead atoms. The van der Waals surface area contributed by atoms with Crippen molar-refractivity contribution in [2.75, 3.05) is 7.11 Å². The van der Waals surface area contributed by atoms with Crippen LogP contribution in [0.3, 0.4) is 0 Å². The number of aryl methyl sites for hydroxylation is 2. The lowest BCUT2D eigenvalue weighted by Gasteiger charge is -2.12. The number of hydrogen-bond donors (Lipinski definition) is 1. The quantitative estimate of drug-likeness (QED) is 0.868. The molecule has 0 fully saturated rings. The topological polar surface area (TPSA) is 94.3 Å². The van der Waals surface area contributed by atoms with E-state index in [2.05, 4.69) is 14.9 Å². The molecule has 0 amide bonds. The second kappa shape index (κ2) is 6.67. The van der Waals surface area contributed by atoms with Gasteiger partial charge in [-0.1, -0.05) is 13.8 Å². The zero-order chi connectivity index (χ0) is 17.2. The molecule has 0 atom stereocenters. The molecule has 8 heteroatoms. The number of nitrogens with one attached hydrogen (secondary N) is 1. The summed E-state index contributed by atoms with van der Waals surface area (Å²) in [5.41, 5.74) is 1.35. The fourth-order valence-electron chi connectivity index (χ4n) is 2.08. The third-order valence-corrected chi connectivity index (χ3v) is 4.91. The van der Waals surface area contributed by atoms with Crippen molar-refractivity contribution in [3.8, 4) is 5.75 Å². The monoisotopic (exact) mass is 339 g/mol. The summed E-state index contributed by atoms with van der Waals surface area (Å²) in [5.74, 6) is 1.47. The molecular weight excluding hydrogens is 318 g/mol. The Labute approximate surface area is 136 Å². The molecule has 1 aromatic heterocycles. The molecule has 0 unspecified atom stereocenters. The molecule has 1 heterocycles. The summed E-state index contributed by atoms with van der Waals surface area (Å²) in [4.78, 5) is 0.208. The van der Waals surface area contributed by atoms with Crippen molar-refractivity contribution in [3.05, 3.63) is 35.0 Å². The Morgan fingerprint density at radius 1 is 1.22 bits per heavy atom. The third kappa shape index (κ3) is 3.89. The van der Waals surface area contributed by atoms with Gasteiger partial charge in [0.25, 0.3) is 0 Å². The van der Waals surface area contributed by atoms with Gasteiger partial charge < -0.3 is 9.15 Å². The first-order valence-electron chi connectivity index (χ1n) is 7.21. The highest BCUT2D eigenvalue weighted by molar-refractivity contribution is 7.89. The van der Waals surface area contributed by atoms with Crippen LogP contribution in [-0.2, 0) is 16.6 Å². The van der Waals surface area contributed by atoms with Crippen LogP contribution in [-0.4, -0.2) is 25.7 Å².